The third-order valence-corrected chi connectivity index (χ3v) is 4.42. The van der Waals surface area contributed by atoms with Crippen LogP contribution in [0.4, 0.5) is 5.69 Å². The number of nitrogens with one attached hydrogen (secondary N) is 1. The van der Waals surface area contributed by atoms with Crippen LogP contribution in [0.2, 0.25) is 0 Å². The van der Waals surface area contributed by atoms with Crippen LogP contribution in [0.1, 0.15) is 30.0 Å². The molecule has 0 spiro atoms. The summed E-state index contributed by atoms with van der Waals surface area (Å²) < 4.78 is 10.6. The normalized spacial score (nSPS) is 13.6. The lowest BCUT2D eigenvalue weighted by atomic mass is 10.1. The molecule has 2 aromatic rings. The first kappa shape index (κ1) is 18.0. The smallest absolute Gasteiger partial charge is 0.344 e. The molecule has 3 rings (SSSR count). The van der Waals surface area contributed by atoms with E-state index >= 15 is 0 Å². The Labute approximate surface area is 153 Å². The molecule has 26 heavy (non-hydrogen) atoms. The summed E-state index contributed by atoms with van der Waals surface area (Å²) in [5.74, 6) is -0.295. The number of fused-ring (bicyclic) bond motifs is 1. The van der Waals surface area contributed by atoms with Crippen molar-refractivity contribution in [3.63, 3.8) is 0 Å². The number of carbonyl (C=O) groups is 2. The van der Waals surface area contributed by atoms with E-state index < -0.39 is 12.1 Å². The van der Waals surface area contributed by atoms with E-state index in [9.17, 15) is 9.59 Å². The lowest BCUT2D eigenvalue weighted by Gasteiger charge is -2.14. The van der Waals surface area contributed by atoms with Crippen molar-refractivity contribution < 1.29 is 19.1 Å². The minimum atomic E-state index is -0.896. The van der Waals surface area contributed by atoms with Gasteiger partial charge in [-0.15, -0.1) is 0 Å². The molecule has 1 aliphatic carbocycles. The molecule has 0 aliphatic heterocycles. The lowest BCUT2D eigenvalue weighted by Crippen LogP contribution is -2.31. The summed E-state index contributed by atoms with van der Waals surface area (Å²) in [6, 6.07) is 13.3. The Kier molecular flexibility index (Phi) is 5.56. The molecule has 0 bridgehead atoms. The van der Waals surface area contributed by atoms with Crippen molar-refractivity contribution in [2.75, 3.05) is 11.9 Å². The molecule has 0 saturated heterocycles. The Morgan fingerprint density at radius 1 is 1.08 bits per heavy atom. The summed E-state index contributed by atoms with van der Waals surface area (Å²) in [6.45, 7) is 3.29. The second-order valence-electron chi connectivity index (χ2n) is 6.56. The van der Waals surface area contributed by atoms with Crippen molar-refractivity contribution >= 4 is 17.6 Å². The summed E-state index contributed by atoms with van der Waals surface area (Å²) in [4.78, 5) is 24.0. The summed E-state index contributed by atoms with van der Waals surface area (Å²) in [5, 5.41) is 2.72. The van der Waals surface area contributed by atoms with E-state index in [-0.39, 0.29) is 12.5 Å². The topological polar surface area (TPSA) is 64.6 Å². The molecule has 0 unspecified atom stereocenters. The van der Waals surface area contributed by atoms with Gasteiger partial charge in [0.15, 0.2) is 12.7 Å². The van der Waals surface area contributed by atoms with Gasteiger partial charge in [-0.2, -0.15) is 0 Å². The molecule has 1 N–H and O–H groups in total. The lowest BCUT2D eigenvalue weighted by molar-refractivity contribution is -0.155. The van der Waals surface area contributed by atoms with Crippen molar-refractivity contribution in [1.82, 2.24) is 0 Å². The molecule has 5 heteroatoms. The first-order valence-electron chi connectivity index (χ1n) is 8.83. The number of anilines is 1. The molecule has 2 aromatic carbocycles. The Bertz CT molecular complexity index is 798. The molecule has 0 radical (unpaired) electrons. The van der Waals surface area contributed by atoms with Crippen molar-refractivity contribution in [2.24, 2.45) is 0 Å². The zero-order valence-corrected chi connectivity index (χ0v) is 15.1. The second-order valence-corrected chi connectivity index (χ2v) is 6.56. The summed E-state index contributed by atoms with van der Waals surface area (Å²) in [5.41, 5.74) is 4.40. The van der Waals surface area contributed by atoms with Crippen LogP contribution >= 0.6 is 0 Å². The van der Waals surface area contributed by atoms with Crippen molar-refractivity contribution in [1.29, 1.82) is 0 Å². The van der Waals surface area contributed by atoms with Crippen LogP contribution in [0, 0.1) is 6.92 Å². The predicted molar refractivity (Wildman–Crippen MR) is 99.3 cm³/mol. The van der Waals surface area contributed by atoms with Crippen LogP contribution in [-0.4, -0.2) is 24.6 Å². The number of ether oxygens (including phenoxy) is 2. The number of benzene rings is 2. The van der Waals surface area contributed by atoms with Crippen LogP contribution in [-0.2, 0) is 27.2 Å². The molecule has 0 saturated carbocycles. The van der Waals surface area contributed by atoms with Gasteiger partial charge in [0.1, 0.15) is 5.75 Å². The maximum absolute atomic E-state index is 12.1. The van der Waals surface area contributed by atoms with Crippen LogP contribution in [0.5, 0.6) is 5.75 Å². The quantitative estimate of drug-likeness (QED) is 0.808. The zero-order valence-electron chi connectivity index (χ0n) is 15.1. The minimum absolute atomic E-state index is 0.221. The highest BCUT2D eigenvalue weighted by atomic mass is 16.6. The van der Waals surface area contributed by atoms with Crippen LogP contribution in [0.3, 0.4) is 0 Å². The molecule has 1 amide bonds. The molecule has 1 aliphatic rings. The Morgan fingerprint density at radius 3 is 2.58 bits per heavy atom. The van der Waals surface area contributed by atoms with E-state index in [1.807, 2.05) is 37.3 Å². The number of esters is 1. The molecule has 136 valence electrons. The van der Waals surface area contributed by atoms with Crippen molar-refractivity contribution in [3.05, 3.63) is 59.2 Å². The third-order valence-electron chi connectivity index (χ3n) is 4.42. The molecule has 0 fully saturated rings. The fourth-order valence-corrected chi connectivity index (χ4v) is 2.95. The van der Waals surface area contributed by atoms with Gasteiger partial charge in [-0.25, -0.2) is 4.79 Å². The van der Waals surface area contributed by atoms with Gasteiger partial charge in [0.25, 0.3) is 5.91 Å². The van der Waals surface area contributed by atoms with E-state index in [4.69, 9.17) is 9.47 Å². The highest BCUT2D eigenvalue weighted by Crippen LogP contribution is 2.26. The van der Waals surface area contributed by atoms with E-state index in [0.29, 0.717) is 11.4 Å². The Balaban J connectivity index is 1.46. The number of amides is 1. The number of hydrogen-bond donors (Lipinski definition) is 1. The maximum atomic E-state index is 12.1. The van der Waals surface area contributed by atoms with Gasteiger partial charge in [0.2, 0.25) is 0 Å². The third kappa shape index (κ3) is 4.63. The molecule has 1 atom stereocenters. The summed E-state index contributed by atoms with van der Waals surface area (Å²) in [6.07, 6.45) is 2.42. The van der Waals surface area contributed by atoms with Gasteiger partial charge in [0, 0.05) is 5.69 Å². The van der Waals surface area contributed by atoms with Gasteiger partial charge in [-0.3, -0.25) is 4.79 Å². The van der Waals surface area contributed by atoms with E-state index in [1.54, 1.807) is 12.1 Å². The predicted octanol–water partition coefficient (Wildman–Crippen LogP) is 3.43. The first-order valence-corrected chi connectivity index (χ1v) is 8.83. The second kappa shape index (κ2) is 8.04. The number of hydrogen-bond acceptors (Lipinski definition) is 4. The van der Waals surface area contributed by atoms with Crippen LogP contribution in [0.15, 0.2) is 42.5 Å². The molecule has 5 nitrogen and oxygen atoms in total. The highest BCUT2D eigenvalue weighted by Gasteiger charge is 2.18. The van der Waals surface area contributed by atoms with Gasteiger partial charge >= 0.3 is 5.97 Å². The fourth-order valence-electron chi connectivity index (χ4n) is 2.95. The molecule has 0 heterocycles. The summed E-state index contributed by atoms with van der Waals surface area (Å²) >= 11 is 0. The maximum Gasteiger partial charge on any atom is 0.344 e. The Morgan fingerprint density at radius 2 is 1.81 bits per heavy atom. The van der Waals surface area contributed by atoms with E-state index in [1.165, 1.54) is 18.1 Å². The number of carbonyl (C=O) groups excluding carboxylic acids is 2. The van der Waals surface area contributed by atoms with Crippen LogP contribution in [0.25, 0.3) is 0 Å². The SMILES string of the molecule is Cc1ccc(NC(=O)[C@H](C)OC(=O)COc2ccc3c(c2)CCC3)cc1. The average Bonchev–Trinajstić information content (AvgIpc) is 3.09. The Hall–Kier alpha value is -2.82. The van der Waals surface area contributed by atoms with Gasteiger partial charge < -0.3 is 14.8 Å². The molecule has 0 aromatic heterocycles. The first-order chi connectivity index (χ1) is 12.5. The van der Waals surface area contributed by atoms with Crippen molar-refractivity contribution in [3.8, 4) is 5.75 Å². The van der Waals surface area contributed by atoms with Crippen LogP contribution < -0.4 is 10.1 Å². The van der Waals surface area contributed by atoms with Gasteiger partial charge in [0.05, 0.1) is 0 Å². The largest absolute Gasteiger partial charge is 0.482 e. The van der Waals surface area contributed by atoms with Gasteiger partial charge in [-0.05, 0) is 68.5 Å². The number of aryl methyl sites for hydroxylation is 3. The highest BCUT2D eigenvalue weighted by molar-refractivity contribution is 5.95. The van der Waals surface area contributed by atoms with Gasteiger partial charge in [-0.1, -0.05) is 23.8 Å². The standard InChI is InChI=1S/C21H23NO4/c1-14-6-9-18(10-7-14)22-21(24)15(2)26-20(23)13-25-19-11-8-16-4-3-5-17(16)12-19/h6-12,15H,3-5,13H2,1-2H3,(H,22,24)/t15-/m0/s1. The van der Waals surface area contributed by atoms with E-state index in [2.05, 4.69) is 5.32 Å². The fraction of sp³-hybridized carbons (Fsp3) is 0.333. The number of rotatable bonds is 6. The molecular weight excluding hydrogens is 330 g/mol. The average molecular weight is 353 g/mol. The van der Waals surface area contributed by atoms with E-state index in [0.717, 1.165) is 24.8 Å². The minimum Gasteiger partial charge on any atom is -0.482 e. The monoisotopic (exact) mass is 353 g/mol. The zero-order chi connectivity index (χ0) is 18.5. The van der Waals surface area contributed by atoms with Crippen molar-refractivity contribution in [2.45, 2.75) is 39.2 Å². The summed E-state index contributed by atoms with van der Waals surface area (Å²) in [7, 11) is 0. The molecular formula is C21H23NO4.